The zero-order valence-corrected chi connectivity index (χ0v) is 12.8. The van der Waals surface area contributed by atoms with Gasteiger partial charge in [0.2, 0.25) is 5.91 Å². The summed E-state index contributed by atoms with van der Waals surface area (Å²) >= 11 is 0. The van der Waals surface area contributed by atoms with Gasteiger partial charge in [-0.3, -0.25) is 4.79 Å². The largest absolute Gasteiger partial charge is 0.387 e. The molecule has 0 aromatic heterocycles. The highest BCUT2D eigenvalue weighted by Gasteiger charge is 2.17. The van der Waals surface area contributed by atoms with Crippen LogP contribution in [0.2, 0.25) is 0 Å². The predicted molar refractivity (Wildman–Crippen MR) is 83.7 cm³/mol. The molecule has 0 aliphatic rings. The average molecular weight is 338 g/mol. The van der Waals surface area contributed by atoms with Gasteiger partial charge in [-0.1, -0.05) is 6.07 Å². The number of nitrogens with zero attached hydrogens (tertiary/aromatic N) is 1. The first-order valence-corrected chi connectivity index (χ1v) is 7.28. The second-order valence-corrected chi connectivity index (χ2v) is 5.33. The van der Waals surface area contributed by atoms with E-state index in [9.17, 15) is 23.1 Å². The van der Waals surface area contributed by atoms with Crippen molar-refractivity contribution in [3.05, 3.63) is 65.5 Å². The summed E-state index contributed by atoms with van der Waals surface area (Å²) in [5.74, 6) is -3.01. The number of anilines is 1. The highest BCUT2D eigenvalue weighted by molar-refractivity contribution is 5.74. The number of halogens is 3. The van der Waals surface area contributed by atoms with Crippen molar-refractivity contribution in [1.82, 2.24) is 0 Å². The van der Waals surface area contributed by atoms with Crippen LogP contribution in [0.5, 0.6) is 0 Å². The lowest BCUT2D eigenvalue weighted by Crippen LogP contribution is -2.32. The van der Waals surface area contributed by atoms with E-state index in [1.807, 2.05) is 0 Å². The van der Waals surface area contributed by atoms with Crippen molar-refractivity contribution >= 4 is 11.6 Å². The van der Waals surface area contributed by atoms with Crippen LogP contribution in [0, 0.1) is 17.5 Å². The van der Waals surface area contributed by atoms with E-state index in [-0.39, 0.29) is 25.1 Å². The Labute approximate surface area is 137 Å². The molecule has 0 radical (unpaired) electrons. The molecule has 1 atom stereocenters. The van der Waals surface area contributed by atoms with Crippen molar-refractivity contribution in [2.45, 2.75) is 12.5 Å². The molecule has 4 nitrogen and oxygen atoms in total. The third kappa shape index (κ3) is 4.73. The van der Waals surface area contributed by atoms with Crippen molar-refractivity contribution in [3.63, 3.8) is 0 Å². The maximum absolute atomic E-state index is 13.3. The summed E-state index contributed by atoms with van der Waals surface area (Å²) in [6, 6.07) is 8.60. The number of rotatable bonds is 7. The van der Waals surface area contributed by atoms with E-state index in [4.69, 9.17) is 5.73 Å². The number of hydrogen-bond acceptors (Lipinski definition) is 3. The van der Waals surface area contributed by atoms with E-state index in [1.54, 1.807) is 4.90 Å². The molecule has 0 heterocycles. The molecule has 0 aliphatic carbocycles. The van der Waals surface area contributed by atoms with Crippen LogP contribution >= 0.6 is 0 Å². The zero-order valence-electron chi connectivity index (χ0n) is 12.8. The molecule has 3 N–H and O–H groups in total. The van der Waals surface area contributed by atoms with Crippen LogP contribution in [-0.4, -0.2) is 24.1 Å². The molecule has 0 spiro atoms. The smallest absolute Gasteiger partial charge is 0.219 e. The van der Waals surface area contributed by atoms with Gasteiger partial charge in [0.05, 0.1) is 6.10 Å². The van der Waals surface area contributed by atoms with Gasteiger partial charge in [0.1, 0.15) is 5.82 Å². The lowest BCUT2D eigenvalue weighted by Gasteiger charge is -2.27. The monoisotopic (exact) mass is 338 g/mol. The number of carbonyl (C=O) groups excluding carboxylic acids is 1. The normalized spacial score (nSPS) is 12.0. The van der Waals surface area contributed by atoms with E-state index < -0.39 is 29.5 Å². The maximum atomic E-state index is 13.3. The third-order valence-electron chi connectivity index (χ3n) is 3.54. The number of carbonyl (C=O) groups is 1. The first-order valence-electron chi connectivity index (χ1n) is 7.28. The number of hydrogen-bond donors (Lipinski definition) is 2. The van der Waals surface area contributed by atoms with Gasteiger partial charge in [-0.2, -0.15) is 0 Å². The van der Waals surface area contributed by atoms with Crippen LogP contribution in [0.25, 0.3) is 0 Å². The molecule has 128 valence electrons. The van der Waals surface area contributed by atoms with Crippen LogP contribution in [-0.2, 0) is 4.79 Å². The van der Waals surface area contributed by atoms with Crippen LogP contribution in [0.1, 0.15) is 18.1 Å². The van der Waals surface area contributed by atoms with E-state index in [0.29, 0.717) is 5.69 Å². The van der Waals surface area contributed by atoms with Gasteiger partial charge in [0.15, 0.2) is 11.6 Å². The first kappa shape index (κ1) is 17.8. The van der Waals surface area contributed by atoms with Crippen LogP contribution < -0.4 is 10.6 Å². The quantitative estimate of drug-likeness (QED) is 0.815. The van der Waals surface area contributed by atoms with Gasteiger partial charge in [-0.05, 0) is 42.0 Å². The summed E-state index contributed by atoms with van der Waals surface area (Å²) in [5.41, 5.74) is 5.91. The van der Waals surface area contributed by atoms with Gasteiger partial charge in [-0.15, -0.1) is 0 Å². The van der Waals surface area contributed by atoms with Gasteiger partial charge >= 0.3 is 0 Å². The van der Waals surface area contributed by atoms with E-state index >= 15 is 0 Å². The second-order valence-electron chi connectivity index (χ2n) is 5.33. The summed E-state index contributed by atoms with van der Waals surface area (Å²) in [7, 11) is 0. The molecule has 2 aromatic carbocycles. The lowest BCUT2D eigenvalue weighted by atomic mass is 10.1. The van der Waals surface area contributed by atoms with E-state index in [0.717, 1.165) is 12.1 Å². The molecule has 1 unspecified atom stereocenters. The fraction of sp³-hybridized carbons (Fsp3) is 0.235. The predicted octanol–water partition coefficient (Wildman–Crippen LogP) is 2.52. The molecule has 1 amide bonds. The number of nitrogens with two attached hydrogens (primary N) is 1. The SMILES string of the molecule is NC(=O)CCN(CC(O)c1ccc(F)c(F)c1)c1ccc(F)cc1. The molecular formula is C17H17F3N2O2. The van der Waals surface area contributed by atoms with Crippen molar-refractivity contribution in [3.8, 4) is 0 Å². The molecule has 7 heteroatoms. The summed E-state index contributed by atoms with van der Waals surface area (Å²) in [6.45, 7) is 0.200. The minimum absolute atomic E-state index is 0.00395. The fourth-order valence-electron chi connectivity index (χ4n) is 2.26. The Bertz CT molecular complexity index is 707. The van der Waals surface area contributed by atoms with Gasteiger partial charge in [-0.25, -0.2) is 13.2 Å². The topological polar surface area (TPSA) is 66.6 Å². The number of aliphatic hydroxyl groups excluding tert-OH is 1. The lowest BCUT2D eigenvalue weighted by molar-refractivity contribution is -0.117. The summed E-state index contributed by atoms with van der Waals surface area (Å²) in [6.07, 6.45) is -1.10. The maximum Gasteiger partial charge on any atom is 0.219 e. The van der Waals surface area contributed by atoms with E-state index in [2.05, 4.69) is 0 Å². The third-order valence-corrected chi connectivity index (χ3v) is 3.54. The Morgan fingerprint density at radius 1 is 1.08 bits per heavy atom. The number of aliphatic hydroxyl groups is 1. The van der Waals surface area contributed by atoms with Crippen LogP contribution in [0.15, 0.2) is 42.5 Å². The van der Waals surface area contributed by atoms with E-state index in [1.165, 1.54) is 30.3 Å². The molecule has 0 aliphatic heterocycles. The molecular weight excluding hydrogens is 321 g/mol. The fourth-order valence-corrected chi connectivity index (χ4v) is 2.26. The van der Waals surface area contributed by atoms with Crippen molar-refractivity contribution in [2.75, 3.05) is 18.0 Å². The van der Waals surface area contributed by atoms with Gasteiger partial charge in [0, 0.05) is 25.2 Å². The second kappa shape index (κ2) is 7.83. The Morgan fingerprint density at radius 2 is 1.75 bits per heavy atom. The summed E-state index contributed by atoms with van der Waals surface area (Å²) in [5, 5.41) is 10.3. The summed E-state index contributed by atoms with van der Waals surface area (Å²) < 4.78 is 39.3. The van der Waals surface area contributed by atoms with Gasteiger partial charge < -0.3 is 15.7 Å². The Balaban J connectivity index is 2.18. The standard InChI is InChI=1S/C17H17F3N2O2/c18-12-2-4-13(5-3-12)22(8-7-17(21)24)10-16(23)11-1-6-14(19)15(20)9-11/h1-6,9,16,23H,7-8,10H2,(H2,21,24). The molecule has 0 bridgehead atoms. The first-order chi connectivity index (χ1) is 11.4. The Hall–Kier alpha value is -2.54. The molecule has 2 aromatic rings. The number of benzene rings is 2. The van der Waals surface area contributed by atoms with Crippen LogP contribution in [0.4, 0.5) is 18.9 Å². The van der Waals surface area contributed by atoms with Crippen molar-refractivity contribution in [1.29, 1.82) is 0 Å². The molecule has 2 rings (SSSR count). The minimum Gasteiger partial charge on any atom is -0.387 e. The summed E-state index contributed by atoms with van der Waals surface area (Å²) in [4.78, 5) is 12.6. The van der Waals surface area contributed by atoms with Crippen molar-refractivity contribution in [2.24, 2.45) is 5.73 Å². The average Bonchev–Trinajstić information content (AvgIpc) is 2.54. The number of amides is 1. The van der Waals surface area contributed by atoms with Gasteiger partial charge in [0.25, 0.3) is 0 Å². The van der Waals surface area contributed by atoms with Crippen molar-refractivity contribution < 1.29 is 23.1 Å². The molecule has 0 saturated heterocycles. The zero-order chi connectivity index (χ0) is 17.7. The molecule has 0 fully saturated rings. The molecule has 24 heavy (non-hydrogen) atoms. The molecule has 0 saturated carbocycles. The Kier molecular flexibility index (Phi) is 5.81. The highest BCUT2D eigenvalue weighted by atomic mass is 19.2. The number of primary amides is 1. The van der Waals surface area contributed by atoms with Crippen LogP contribution in [0.3, 0.4) is 0 Å². The highest BCUT2D eigenvalue weighted by Crippen LogP contribution is 2.22. The Morgan fingerprint density at radius 3 is 2.33 bits per heavy atom. The minimum atomic E-state index is -1.13.